The zero-order chi connectivity index (χ0) is 15.8. The first-order valence-corrected chi connectivity index (χ1v) is 6.93. The largest absolute Gasteiger partial charge is 0.492 e. The second kappa shape index (κ2) is 8.14. The van der Waals surface area contributed by atoms with Crippen LogP contribution in [0.1, 0.15) is 19.4 Å². The monoisotopic (exact) mass is 293 g/mol. The molecule has 116 valence electrons. The number of carbonyl (C=O) groups is 2. The van der Waals surface area contributed by atoms with E-state index in [9.17, 15) is 9.59 Å². The van der Waals surface area contributed by atoms with Gasteiger partial charge in [-0.05, 0) is 25.0 Å². The van der Waals surface area contributed by atoms with Gasteiger partial charge in [0.2, 0.25) is 5.91 Å². The van der Waals surface area contributed by atoms with Crippen LogP contribution in [0.25, 0.3) is 0 Å². The zero-order valence-electron chi connectivity index (χ0n) is 12.7. The van der Waals surface area contributed by atoms with E-state index in [4.69, 9.17) is 10.5 Å². The summed E-state index contributed by atoms with van der Waals surface area (Å²) in [7, 11) is 0. The molecule has 0 bridgehead atoms. The Morgan fingerprint density at radius 1 is 1.24 bits per heavy atom. The van der Waals surface area contributed by atoms with Crippen LogP contribution < -0.4 is 21.1 Å². The van der Waals surface area contributed by atoms with Crippen LogP contribution in [0.5, 0.6) is 5.75 Å². The maximum Gasteiger partial charge on any atom is 0.312 e. The second-order valence-corrected chi connectivity index (χ2v) is 5.18. The standard InChI is InChI=1S/C15H23N3O3/c1-10(2)13(18-15(16)20)14(19)17-8-9-21-12-6-4-11(3)5-7-12/h4-7,10,13H,8-9H2,1-3H3,(H,17,19)(H3,16,18,20)/t13-/m0/s1. The van der Waals surface area contributed by atoms with E-state index in [0.29, 0.717) is 13.2 Å². The van der Waals surface area contributed by atoms with Gasteiger partial charge in [-0.3, -0.25) is 4.79 Å². The molecule has 0 fully saturated rings. The van der Waals surface area contributed by atoms with Crippen LogP contribution in [0.4, 0.5) is 4.79 Å². The number of rotatable bonds is 7. The molecule has 1 aromatic carbocycles. The zero-order valence-corrected chi connectivity index (χ0v) is 12.7. The molecule has 0 saturated heterocycles. The Morgan fingerprint density at radius 3 is 2.38 bits per heavy atom. The van der Waals surface area contributed by atoms with Crippen molar-refractivity contribution in [2.24, 2.45) is 11.7 Å². The summed E-state index contributed by atoms with van der Waals surface area (Å²) in [5, 5.41) is 5.15. The van der Waals surface area contributed by atoms with Crippen LogP contribution in [-0.4, -0.2) is 31.1 Å². The minimum absolute atomic E-state index is 0.0458. The van der Waals surface area contributed by atoms with E-state index in [2.05, 4.69) is 10.6 Å². The number of hydrogen-bond acceptors (Lipinski definition) is 3. The number of benzene rings is 1. The molecule has 1 rings (SSSR count). The second-order valence-electron chi connectivity index (χ2n) is 5.18. The number of ether oxygens (including phenoxy) is 1. The number of amides is 3. The van der Waals surface area contributed by atoms with E-state index in [1.165, 1.54) is 0 Å². The van der Waals surface area contributed by atoms with Gasteiger partial charge in [0.1, 0.15) is 18.4 Å². The number of urea groups is 1. The van der Waals surface area contributed by atoms with Gasteiger partial charge in [0, 0.05) is 0 Å². The topological polar surface area (TPSA) is 93.4 Å². The van der Waals surface area contributed by atoms with Gasteiger partial charge < -0.3 is 21.1 Å². The third-order valence-electron chi connectivity index (χ3n) is 2.94. The molecule has 0 heterocycles. The number of nitrogens with two attached hydrogens (primary N) is 1. The predicted molar refractivity (Wildman–Crippen MR) is 81.0 cm³/mol. The molecule has 6 heteroatoms. The van der Waals surface area contributed by atoms with Gasteiger partial charge in [-0.2, -0.15) is 0 Å². The van der Waals surface area contributed by atoms with Crippen molar-refractivity contribution in [1.29, 1.82) is 0 Å². The van der Waals surface area contributed by atoms with Crippen LogP contribution in [0.15, 0.2) is 24.3 Å². The summed E-state index contributed by atoms with van der Waals surface area (Å²) >= 11 is 0. The molecule has 3 amide bonds. The van der Waals surface area contributed by atoms with Gasteiger partial charge in [0.15, 0.2) is 0 Å². The summed E-state index contributed by atoms with van der Waals surface area (Å²) in [4.78, 5) is 22.8. The summed E-state index contributed by atoms with van der Waals surface area (Å²) in [5.74, 6) is 0.442. The van der Waals surface area contributed by atoms with Crippen molar-refractivity contribution in [3.8, 4) is 5.75 Å². The number of hydrogen-bond donors (Lipinski definition) is 3. The van der Waals surface area contributed by atoms with Crippen molar-refractivity contribution in [2.75, 3.05) is 13.2 Å². The highest BCUT2D eigenvalue weighted by Crippen LogP contribution is 2.10. The highest BCUT2D eigenvalue weighted by atomic mass is 16.5. The van der Waals surface area contributed by atoms with Gasteiger partial charge >= 0.3 is 6.03 Å². The Labute approximate surface area is 125 Å². The summed E-state index contributed by atoms with van der Waals surface area (Å²) in [6.45, 7) is 6.39. The molecular weight excluding hydrogens is 270 g/mol. The molecule has 0 aromatic heterocycles. The van der Waals surface area contributed by atoms with Gasteiger partial charge in [-0.25, -0.2) is 4.79 Å². The minimum atomic E-state index is -0.709. The fourth-order valence-electron chi connectivity index (χ4n) is 1.78. The van der Waals surface area contributed by atoms with Crippen molar-refractivity contribution < 1.29 is 14.3 Å². The normalized spacial score (nSPS) is 11.8. The lowest BCUT2D eigenvalue weighted by Crippen LogP contribution is -2.51. The van der Waals surface area contributed by atoms with E-state index in [1.54, 1.807) is 0 Å². The number of nitrogens with one attached hydrogen (secondary N) is 2. The van der Waals surface area contributed by atoms with Crippen molar-refractivity contribution in [1.82, 2.24) is 10.6 Å². The minimum Gasteiger partial charge on any atom is -0.492 e. The van der Waals surface area contributed by atoms with Crippen LogP contribution in [0.2, 0.25) is 0 Å². The fourth-order valence-corrected chi connectivity index (χ4v) is 1.78. The molecule has 0 spiro atoms. The number of aryl methyl sites for hydroxylation is 1. The summed E-state index contributed by atoms with van der Waals surface area (Å²) in [6, 6.07) is 6.33. The molecule has 4 N–H and O–H groups in total. The van der Waals surface area contributed by atoms with E-state index < -0.39 is 12.1 Å². The molecule has 6 nitrogen and oxygen atoms in total. The van der Waals surface area contributed by atoms with Crippen LogP contribution in [0, 0.1) is 12.8 Å². The highest BCUT2D eigenvalue weighted by molar-refractivity contribution is 5.86. The average molecular weight is 293 g/mol. The summed E-state index contributed by atoms with van der Waals surface area (Å²) in [6.07, 6.45) is 0. The number of primary amides is 1. The average Bonchev–Trinajstić information content (AvgIpc) is 2.42. The summed E-state index contributed by atoms with van der Waals surface area (Å²) < 4.78 is 5.51. The third kappa shape index (κ3) is 6.16. The molecule has 21 heavy (non-hydrogen) atoms. The maximum absolute atomic E-state index is 11.9. The summed E-state index contributed by atoms with van der Waals surface area (Å²) in [5.41, 5.74) is 6.22. The van der Waals surface area contributed by atoms with Crippen molar-refractivity contribution in [3.63, 3.8) is 0 Å². The van der Waals surface area contributed by atoms with E-state index in [-0.39, 0.29) is 11.8 Å². The van der Waals surface area contributed by atoms with Crippen LogP contribution >= 0.6 is 0 Å². The maximum atomic E-state index is 11.9. The first kappa shape index (κ1) is 16.8. The van der Waals surface area contributed by atoms with Gasteiger partial charge in [0.25, 0.3) is 0 Å². The molecule has 1 aromatic rings. The third-order valence-corrected chi connectivity index (χ3v) is 2.94. The lowest BCUT2D eigenvalue weighted by molar-refractivity contribution is -0.123. The Morgan fingerprint density at radius 2 is 1.86 bits per heavy atom. The molecule has 0 aliphatic carbocycles. The van der Waals surface area contributed by atoms with Crippen molar-refractivity contribution in [3.05, 3.63) is 29.8 Å². The molecule has 0 aliphatic rings. The first-order valence-electron chi connectivity index (χ1n) is 6.93. The van der Waals surface area contributed by atoms with Gasteiger partial charge in [-0.1, -0.05) is 31.5 Å². The van der Waals surface area contributed by atoms with E-state index in [1.807, 2.05) is 45.0 Å². The van der Waals surface area contributed by atoms with E-state index >= 15 is 0 Å². The Hall–Kier alpha value is -2.24. The SMILES string of the molecule is Cc1ccc(OCCNC(=O)[C@@H](NC(N)=O)C(C)C)cc1. The Bertz CT molecular complexity index is 472. The molecular formula is C15H23N3O3. The fraction of sp³-hybridized carbons (Fsp3) is 0.467. The first-order chi connectivity index (χ1) is 9.90. The highest BCUT2D eigenvalue weighted by Gasteiger charge is 2.22. The van der Waals surface area contributed by atoms with E-state index in [0.717, 1.165) is 11.3 Å². The quantitative estimate of drug-likeness (QED) is 0.659. The Balaban J connectivity index is 2.34. The molecule has 0 aliphatic heterocycles. The smallest absolute Gasteiger partial charge is 0.312 e. The lowest BCUT2D eigenvalue weighted by atomic mass is 10.0. The predicted octanol–water partition coefficient (Wildman–Crippen LogP) is 1.18. The Kier molecular flexibility index (Phi) is 6.52. The van der Waals surface area contributed by atoms with Gasteiger partial charge in [0.05, 0.1) is 6.54 Å². The molecule has 0 unspecified atom stereocenters. The van der Waals surface area contributed by atoms with Crippen LogP contribution in [0.3, 0.4) is 0 Å². The molecule has 1 atom stereocenters. The van der Waals surface area contributed by atoms with Crippen LogP contribution in [-0.2, 0) is 4.79 Å². The molecule has 0 radical (unpaired) electrons. The van der Waals surface area contributed by atoms with Crippen molar-refractivity contribution >= 4 is 11.9 Å². The molecule has 0 saturated carbocycles. The number of carbonyl (C=O) groups excluding carboxylic acids is 2. The van der Waals surface area contributed by atoms with Crippen molar-refractivity contribution in [2.45, 2.75) is 26.8 Å². The van der Waals surface area contributed by atoms with Gasteiger partial charge in [-0.15, -0.1) is 0 Å². The lowest BCUT2D eigenvalue weighted by Gasteiger charge is -2.20.